The van der Waals surface area contributed by atoms with Crippen molar-refractivity contribution in [2.45, 2.75) is 69.1 Å². The zero-order chi connectivity index (χ0) is 38.7. The van der Waals surface area contributed by atoms with Gasteiger partial charge >= 0.3 is 19.8 Å². The lowest BCUT2D eigenvalue weighted by Crippen LogP contribution is -2.35. The molecular weight excluding hydrogens is 809 g/mol. The number of H-pyrrole nitrogens is 2. The number of alkyl halides is 1. The molecule has 7 N–H and O–H groups in total. The van der Waals surface area contributed by atoms with Crippen LogP contribution in [0.15, 0.2) is 22.2 Å². The Morgan fingerprint density at radius 3 is 2.19 bits per heavy atom. The second kappa shape index (κ2) is 14.8. The van der Waals surface area contributed by atoms with Gasteiger partial charge in [0.15, 0.2) is 46.9 Å². The van der Waals surface area contributed by atoms with Crippen molar-refractivity contribution in [3.05, 3.63) is 33.4 Å². The number of aromatic nitrogens is 8. The maximum absolute atomic E-state index is 16.4. The Labute approximate surface area is 309 Å². The zero-order valence-electron chi connectivity index (χ0n) is 27.7. The summed E-state index contributed by atoms with van der Waals surface area (Å²) in [6, 6.07) is 0. The Kier molecular flexibility index (Phi) is 10.6. The number of carbonyl (C=O) groups excluding carboxylic acids is 1. The van der Waals surface area contributed by atoms with Crippen LogP contribution in [0.4, 0.5) is 21.1 Å². The van der Waals surface area contributed by atoms with Crippen molar-refractivity contribution in [2.75, 3.05) is 30.6 Å². The van der Waals surface area contributed by atoms with Crippen LogP contribution in [-0.2, 0) is 46.2 Å². The van der Waals surface area contributed by atoms with Gasteiger partial charge in [0.1, 0.15) is 30.5 Å². The summed E-state index contributed by atoms with van der Waals surface area (Å²) < 4.78 is 91.3. The van der Waals surface area contributed by atoms with Gasteiger partial charge in [0.05, 0.1) is 32.0 Å². The van der Waals surface area contributed by atoms with Crippen LogP contribution >= 0.6 is 37.2 Å². The lowest BCUT2D eigenvalue weighted by molar-refractivity contribution is -0.0568. The molecule has 0 saturated carbocycles. The van der Waals surface area contributed by atoms with E-state index in [1.165, 1.54) is 4.57 Å². The van der Waals surface area contributed by atoms with Crippen LogP contribution in [0.1, 0.15) is 26.3 Å². The van der Waals surface area contributed by atoms with Crippen LogP contribution in [0.25, 0.3) is 22.3 Å². The normalized spacial score (nSPS) is 33.3. The van der Waals surface area contributed by atoms with Gasteiger partial charge in [-0.1, -0.05) is 12.2 Å². The maximum atomic E-state index is 16.4. The number of aliphatic hydroxyl groups is 1. The second-order valence-corrected chi connectivity index (χ2v) is 18.9. The number of aromatic amines is 2. The molecule has 2 bridgehead atoms. The Bertz CT molecular complexity index is 2290. The highest BCUT2D eigenvalue weighted by atomic mass is 32.7. The predicted molar refractivity (Wildman–Crippen MR) is 185 cm³/mol. The lowest BCUT2D eigenvalue weighted by Gasteiger charge is -2.27. The molecule has 24 nitrogen and oxygen atoms in total. The first-order valence-electron chi connectivity index (χ1n) is 15.7. The molecule has 3 fully saturated rings. The number of carbonyl (C=O) groups is 1. The molecule has 29 heteroatoms. The quantitative estimate of drug-likeness (QED) is 0.0686. The number of hydrogen-bond acceptors (Lipinski definition) is 21. The van der Waals surface area contributed by atoms with E-state index in [0.29, 0.717) is 11.4 Å². The monoisotopic (exact) mass is 840 g/mol. The number of halogens is 1. The molecule has 3 aliphatic rings. The highest BCUT2D eigenvalue weighted by Gasteiger charge is 2.54. The molecule has 3 aliphatic heterocycles. The third kappa shape index (κ3) is 7.62. The van der Waals surface area contributed by atoms with Crippen LogP contribution in [0.2, 0.25) is 0 Å². The fourth-order valence-corrected chi connectivity index (χ4v) is 10.0. The minimum Gasteiger partial charge on any atom is -0.432 e. The second-order valence-electron chi connectivity index (χ2n) is 12.1. The number of ether oxygens (including phenoxy) is 4. The highest BCUT2D eigenvalue weighted by molar-refractivity contribution is 8.55. The van der Waals surface area contributed by atoms with E-state index in [1.54, 1.807) is 13.8 Å². The summed E-state index contributed by atoms with van der Waals surface area (Å²) in [4.78, 5) is 57.7. The van der Waals surface area contributed by atoms with E-state index in [9.17, 15) is 28.6 Å². The Balaban J connectivity index is 1.24. The standard InChI is InChI=1S/C25H31FN10O14P2S2/c1-8(2)46-25(40)43-7-54-52(42)45-4-10-15(11(26)21(48-10)35-5-29-12-17(35)31-23(27)33-19(12)38)49-51(41,53)44-3-9-14(37)16(50-52)22(47-9)36-6-30-13-18(36)32-24(28)34-20(13)39/h5-6,8-11,14-16,21-22,37H,3-4,7H2,1-2H3,(H,41,53)(H3,27,31,33,38)(H3,28,32,34,39)/t9-,10-,11?,14?,15?,16?,21-,22-,51?,52?/m1/s1. The van der Waals surface area contributed by atoms with Gasteiger partial charge in [-0.05, 0) is 13.8 Å². The van der Waals surface area contributed by atoms with Crippen molar-refractivity contribution in [1.82, 2.24) is 39.0 Å². The summed E-state index contributed by atoms with van der Waals surface area (Å²) in [6.07, 6.45) is -13.0. The number of nitrogens with two attached hydrogens (primary N) is 2. The van der Waals surface area contributed by atoms with Gasteiger partial charge in [0, 0.05) is 11.4 Å². The number of imidazole rings is 2. The highest BCUT2D eigenvalue weighted by Crippen LogP contribution is 2.64. The van der Waals surface area contributed by atoms with E-state index in [2.05, 4.69) is 42.2 Å². The average molecular weight is 841 g/mol. The molecule has 7 heterocycles. The van der Waals surface area contributed by atoms with Crippen molar-refractivity contribution in [2.24, 2.45) is 0 Å². The molecule has 6 unspecified atom stereocenters. The molecule has 10 atom stereocenters. The van der Waals surface area contributed by atoms with E-state index in [1.807, 2.05) is 0 Å². The predicted octanol–water partition coefficient (Wildman–Crippen LogP) is 1.13. The Morgan fingerprint density at radius 2 is 1.57 bits per heavy atom. The first-order valence-corrected chi connectivity index (χ1v) is 21.5. The summed E-state index contributed by atoms with van der Waals surface area (Å²) in [5.41, 5.74) is 9.35. The molecule has 0 amide bonds. The van der Waals surface area contributed by atoms with Gasteiger partial charge in [-0.25, -0.2) is 28.3 Å². The fourth-order valence-electron chi connectivity index (χ4n) is 5.76. The van der Waals surface area contributed by atoms with Crippen LogP contribution in [0, 0.1) is 0 Å². The summed E-state index contributed by atoms with van der Waals surface area (Å²) in [6.45, 7) is -7.65. The topological polar surface area (TPSA) is 324 Å². The van der Waals surface area contributed by atoms with E-state index in [0.717, 1.165) is 17.2 Å². The molecular formula is C25H31FN10O14P2S2. The summed E-state index contributed by atoms with van der Waals surface area (Å²) in [7, 11) is 0. The van der Waals surface area contributed by atoms with Crippen LogP contribution in [-0.4, -0.2) is 112 Å². The smallest absolute Gasteiger partial charge is 0.432 e. The molecule has 0 aromatic carbocycles. The van der Waals surface area contributed by atoms with Crippen molar-refractivity contribution in [1.29, 1.82) is 0 Å². The number of thiol groups is 1. The first kappa shape index (κ1) is 38.6. The molecule has 0 radical (unpaired) electrons. The lowest BCUT2D eigenvalue weighted by atomic mass is 10.1. The number of nitrogens with one attached hydrogen (secondary N) is 2. The first-order chi connectivity index (χ1) is 25.5. The van der Waals surface area contributed by atoms with Crippen molar-refractivity contribution in [3.63, 3.8) is 0 Å². The number of nitrogen functional groups attached to an aromatic ring is 2. The molecule has 3 saturated heterocycles. The van der Waals surface area contributed by atoms with Crippen LogP contribution in [0.3, 0.4) is 0 Å². The molecule has 7 rings (SSSR count). The van der Waals surface area contributed by atoms with Crippen molar-refractivity contribution < 1.29 is 60.5 Å². The summed E-state index contributed by atoms with van der Waals surface area (Å²) in [5, 5.41) is 11.4. The maximum Gasteiger partial charge on any atom is 0.509 e. The average Bonchev–Trinajstić information content (AvgIpc) is 3.84. The SMILES string of the molecule is CC(C)OC(=O)OCSP1(=O)OC[C@H]2O[C@@H](n3cnc4c(=O)[nH]c(N)nc43)C(F)C2OP(=O)(S)OC[C@H]2O[C@@H](n3cnc4c(=O)[nH]c(N)nc43)C(O1)C2O. The van der Waals surface area contributed by atoms with Gasteiger partial charge < -0.3 is 35.5 Å². The molecule has 4 aromatic heterocycles. The molecule has 54 heavy (non-hydrogen) atoms. The minimum absolute atomic E-state index is 0.122. The molecule has 0 aliphatic carbocycles. The van der Waals surface area contributed by atoms with E-state index < -0.39 is 105 Å². The van der Waals surface area contributed by atoms with Gasteiger partial charge in [0.25, 0.3) is 11.1 Å². The zero-order valence-corrected chi connectivity index (χ0v) is 31.2. The molecule has 294 valence electrons. The third-order valence-corrected chi connectivity index (χ3v) is 13.0. The van der Waals surface area contributed by atoms with Gasteiger partial charge in [-0.3, -0.25) is 46.8 Å². The number of anilines is 2. The van der Waals surface area contributed by atoms with Crippen molar-refractivity contribution >= 4 is 77.6 Å². The Hall–Kier alpha value is -3.62. The summed E-state index contributed by atoms with van der Waals surface area (Å²) >= 11 is 4.34. The van der Waals surface area contributed by atoms with E-state index in [4.69, 9.17) is 48.5 Å². The van der Waals surface area contributed by atoms with Gasteiger partial charge in [-0.15, -0.1) is 0 Å². The minimum atomic E-state index is -4.69. The number of fused-ring (bicyclic) bond motifs is 5. The van der Waals surface area contributed by atoms with E-state index >= 15 is 4.39 Å². The third-order valence-electron chi connectivity index (χ3n) is 8.05. The van der Waals surface area contributed by atoms with Gasteiger partial charge in [0.2, 0.25) is 11.9 Å². The Morgan fingerprint density at radius 1 is 1.00 bits per heavy atom. The molecule has 4 aromatic rings. The van der Waals surface area contributed by atoms with Crippen LogP contribution < -0.4 is 22.6 Å². The fraction of sp³-hybridized carbons (Fsp3) is 0.560. The van der Waals surface area contributed by atoms with Crippen LogP contribution in [0.5, 0.6) is 0 Å². The summed E-state index contributed by atoms with van der Waals surface area (Å²) in [5.74, 6) is -1.28. The van der Waals surface area contributed by atoms with Gasteiger partial charge in [-0.2, -0.15) is 9.97 Å². The number of aliphatic hydroxyl groups excluding tert-OH is 1. The number of nitrogens with zero attached hydrogens (tertiary/aromatic N) is 6. The largest absolute Gasteiger partial charge is 0.509 e. The number of rotatable bonds is 6. The number of hydrogen-bond donors (Lipinski definition) is 6. The van der Waals surface area contributed by atoms with Crippen molar-refractivity contribution in [3.8, 4) is 0 Å². The molecule has 0 spiro atoms. The van der Waals surface area contributed by atoms with E-state index in [-0.39, 0.29) is 34.2 Å².